The minimum atomic E-state index is -0.970. The number of carbonyl (C=O) groups excluding carboxylic acids is 2. The first kappa shape index (κ1) is 27.8. The first-order valence-corrected chi connectivity index (χ1v) is 15.6. The van der Waals surface area contributed by atoms with Gasteiger partial charge in [-0.15, -0.1) is 10.2 Å². The number of thioether (sulfide) groups is 1. The van der Waals surface area contributed by atoms with E-state index in [-0.39, 0.29) is 16.5 Å². The number of ether oxygens (including phenoxy) is 1. The molecular formula is C33H25N5O4S2. The standard InChI is InChI=1S/C33H25N5O4S2/c1-19-27(37-16-6-5-15-25(37)34-19)29(39)26-28(21-11-8-13-23(17-21)42-2)38(31(41)30(26)40)32-35-36-33(44-32)43-18-22-12-7-10-20-9-3-4-14-24(20)22/h3-17,28,39H,18H2,1-2H3. The molecule has 0 bridgehead atoms. The van der Waals surface area contributed by atoms with Crippen LogP contribution in [0.15, 0.2) is 101 Å². The zero-order valence-electron chi connectivity index (χ0n) is 23.7. The normalized spacial score (nSPS) is 16.3. The van der Waals surface area contributed by atoms with Crippen molar-refractivity contribution in [2.45, 2.75) is 23.1 Å². The van der Waals surface area contributed by atoms with Crippen molar-refractivity contribution in [3.8, 4) is 5.75 Å². The van der Waals surface area contributed by atoms with Gasteiger partial charge in [-0.2, -0.15) is 0 Å². The predicted molar refractivity (Wildman–Crippen MR) is 171 cm³/mol. The van der Waals surface area contributed by atoms with Crippen molar-refractivity contribution >= 4 is 62.1 Å². The third-order valence-electron chi connectivity index (χ3n) is 7.62. The lowest BCUT2D eigenvalue weighted by Crippen LogP contribution is -2.29. The number of fused-ring (bicyclic) bond motifs is 2. The van der Waals surface area contributed by atoms with Crippen LogP contribution in [0.1, 0.15) is 28.6 Å². The molecule has 3 aromatic heterocycles. The molecule has 4 heterocycles. The summed E-state index contributed by atoms with van der Waals surface area (Å²) < 4.78 is 7.80. The Morgan fingerprint density at radius 1 is 1.00 bits per heavy atom. The molecule has 1 atom stereocenters. The number of hydrogen-bond donors (Lipinski definition) is 1. The van der Waals surface area contributed by atoms with Gasteiger partial charge in [0.25, 0.3) is 5.78 Å². The van der Waals surface area contributed by atoms with Crippen LogP contribution in [0.5, 0.6) is 5.75 Å². The van der Waals surface area contributed by atoms with E-state index in [1.165, 1.54) is 33.4 Å². The fourth-order valence-corrected chi connectivity index (χ4v) is 7.47. The largest absolute Gasteiger partial charge is 0.505 e. The summed E-state index contributed by atoms with van der Waals surface area (Å²) in [6.45, 7) is 1.75. The van der Waals surface area contributed by atoms with Gasteiger partial charge in [-0.3, -0.25) is 18.9 Å². The average Bonchev–Trinajstić information content (AvgIpc) is 3.73. The Labute approximate surface area is 260 Å². The number of methoxy groups -OCH3 is 1. The topological polar surface area (TPSA) is 110 Å². The molecule has 0 spiro atoms. The van der Waals surface area contributed by atoms with Gasteiger partial charge >= 0.3 is 5.91 Å². The van der Waals surface area contributed by atoms with E-state index in [9.17, 15) is 14.7 Å². The van der Waals surface area contributed by atoms with E-state index in [0.717, 1.165) is 10.9 Å². The lowest BCUT2D eigenvalue weighted by molar-refractivity contribution is -0.132. The zero-order chi connectivity index (χ0) is 30.4. The highest BCUT2D eigenvalue weighted by atomic mass is 32.2. The lowest BCUT2D eigenvalue weighted by atomic mass is 9.96. The molecule has 44 heavy (non-hydrogen) atoms. The van der Waals surface area contributed by atoms with E-state index in [1.54, 1.807) is 55.0 Å². The molecule has 0 saturated carbocycles. The van der Waals surface area contributed by atoms with Crippen molar-refractivity contribution < 1.29 is 19.4 Å². The number of aliphatic hydroxyl groups is 1. The summed E-state index contributed by atoms with van der Waals surface area (Å²) >= 11 is 2.74. The average molecular weight is 620 g/mol. The quantitative estimate of drug-likeness (QED) is 0.0702. The smallest absolute Gasteiger partial charge is 0.301 e. The number of amides is 1. The number of pyridine rings is 1. The van der Waals surface area contributed by atoms with Crippen LogP contribution in [0, 0.1) is 6.92 Å². The molecule has 1 aliphatic rings. The monoisotopic (exact) mass is 619 g/mol. The summed E-state index contributed by atoms with van der Waals surface area (Å²) in [6, 6.07) is 26.0. The Morgan fingerprint density at radius 3 is 2.66 bits per heavy atom. The minimum Gasteiger partial charge on any atom is -0.505 e. The molecule has 7 rings (SSSR count). The Kier molecular flexibility index (Phi) is 7.11. The second kappa shape index (κ2) is 11.3. The fourth-order valence-electron chi connectivity index (χ4n) is 5.60. The molecule has 1 N–H and O–H groups in total. The number of rotatable bonds is 7. The molecule has 1 fully saturated rings. The summed E-state index contributed by atoms with van der Waals surface area (Å²) in [5, 5.41) is 23.0. The number of aromatic nitrogens is 4. The van der Waals surface area contributed by atoms with Gasteiger partial charge in [0, 0.05) is 11.9 Å². The van der Waals surface area contributed by atoms with E-state index in [2.05, 4.69) is 39.4 Å². The van der Waals surface area contributed by atoms with E-state index in [1.807, 2.05) is 30.3 Å². The van der Waals surface area contributed by atoms with Gasteiger partial charge in [-0.1, -0.05) is 83.8 Å². The number of ketones is 1. The number of aryl methyl sites for hydroxylation is 1. The summed E-state index contributed by atoms with van der Waals surface area (Å²) in [6.07, 6.45) is 1.76. The van der Waals surface area contributed by atoms with Gasteiger partial charge in [-0.05, 0) is 53.1 Å². The molecule has 1 aliphatic heterocycles. The van der Waals surface area contributed by atoms with Crippen LogP contribution < -0.4 is 9.64 Å². The van der Waals surface area contributed by atoms with Gasteiger partial charge in [0.2, 0.25) is 5.13 Å². The van der Waals surface area contributed by atoms with Crippen molar-refractivity contribution in [3.05, 3.63) is 119 Å². The van der Waals surface area contributed by atoms with Crippen LogP contribution in [-0.2, 0) is 15.3 Å². The number of Topliss-reactive ketones (excluding diaryl/α,β-unsaturated/α-hetero) is 1. The number of aliphatic hydroxyl groups excluding tert-OH is 1. The number of imidazole rings is 1. The van der Waals surface area contributed by atoms with E-state index in [0.29, 0.717) is 38.4 Å². The maximum Gasteiger partial charge on any atom is 0.301 e. The minimum absolute atomic E-state index is 0.0582. The molecule has 0 aliphatic carbocycles. The van der Waals surface area contributed by atoms with Crippen LogP contribution in [0.25, 0.3) is 22.2 Å². The molecule has 11 heteroatoms. The molecule has 9 nitrogen and oxygen atoms in total. The molecule has 3 aromatic carbocycles. The Balaban J connectivity index is 1.30. The van der Waals surface area contributed by atoms with Crippen molar-refractivity contribution in [3.63, 3.8) is 0 Å². The number of carbonyl (C=O) groups is 2. The number of hydrogen-bond acceptors (Lipinski definition) is 9. The molecular weight excluding hydrogens is 595 g/mol. The third kappa shape index (κ3) is 4.70. The van der Waals surface area contributed by atoms with E-state index < -0.39 is 17.7 Å². The summed E-state index contributed by atoms with van der Waals surface area (Å²) in [5.41, 5.74) is 3.15. The van der Waals surface area contributed by atoms with Crippen molar-refractivity contribution in [2.75, 3.05) is 12.0 Å². The highest BCUT2D eigenvalue weighted by Crippen LogP contribution is 2.45. The number of nitrogens with zero attached hydrogens (tertiary/aromatic N) is 5. The predicted octanol–water partition coefficient (Wildman–Crippen LogP) is 6.57. The molecule has 218 valence electrons. The molecule has 0 radical (unpaired) electrons. The highest BCUT2D eigenvalue weighted by Gasteiger charge is 2.49. The van der Waals surface area contributed by atoms with Crippen LogP contribution in [0.4, 0.5) is 5.13 Å². The molecule has 1 amide bonds. The first-order valence-electron chi connectivity index (χ1n) is 13.8. The zero-order valence-corrected chi connectivity index (χ0v) is 25.3. The Morgan fingerprint density at radius 2 is 1.80 bits per heavy atom. The van der Waals surface area contributed by atoms with Crippen molar-refractivity contribution in [1.29, 1.82) is 0 Å². The van der Waals surface area contributed by atoms with Gasteiger partial charge in [-0.25, -0.2) is 4.98 Å². The summed E-state index contributed by atoms with van der Waals surface area (Å²) in [5.74, 6) is -0.734. The SMILES string of the molecule is COc1cccc(C2C(=C(O)c3c(C)nc4ccccn34)C(=O)C(=O)N2c2nnc(SCc3cccc4ccccc34)s2)c1. The van der Waals surface area contributed by atoms with E-state index in [4.69, 9.17) is 4.74 Å². The highest BCUT2D eigenvalue weighted by molar-refractivity contribution is 8.00. The van der Waals surface area contributed by atoms with Crippen LogP contribution >= 0.6 is 23.1 Å². The fraction of sp³-hybridized carbons (Fsp3) is 0.121. The maximum atomic E-state index is 13.7. The van der Waals surface area contributed by atoms with E-state index >= 15 is 0 Å². The second-order valence-corrected chi connectivity index (χ2v) is 12.4. The summed E-state index contributed by atoms with van der Waals surface area (Å²) in [7, 11) is 1.54. The van der Waals surface area contributed by atoms with Crippen molar-refractivity contribution in [2.24, 2.45) is 0 Å². The second-order valence-electron chi connectivity index (χ2n) is 10.2. The molecule has 1 unspecified atom stereocenters. The van der Waals surface area contributed by atoms with Crippen LogP contribution in [0.2, 0.25) is 0 Å². The molecule has 6 aromatic rings. The summed E-state index contributed by atoms with van der Waals surface area (Å²) in [4.78, 5) is 33.3. The first-order chi connectivity index (χ1) is 21.4. The maximum absolute atomic E-state index is 13.7. The van der Waals surface area contributed by atoms with Gasteiger partial charge in [0.05, 0.1) is 24.4 Å². The number of benzene rings is 3. The van der Waals surface area contributed by atoms with Crippen LogP contribution in [0.3, 0.4) is 0 Å². The van der Waals surface area contributed by atoms with Crippen molar-refractivity contribution in [1.82, 2.24) is 19.6 Å². The number of anilines is 1. The van der Waals surface area contributed by atoms with Crippen LogP contribution in [-0.4, -0.2) is 43.5 Å². The van der Waals surface area contributed by atoms with Gasteiger partial charge < -0.3 is 9.84 Å². The van der Waals surface area contributed by atoms with Gasteiger partial charge in [0.15, 0.2) is 10.1 Å². The Hall–Kier alpha value is -5.00. The van der Waals surface area contributed by atoms with Gasteiger partial charge in [0.1, 0.15) is 17.1 Å². The lowest BCUT2D eigenvalue weighted by Gasteiger charge is -2.22. The molecule has 1 saturated heterocycles. The Bertz CT molecular complexity index is 2110. The third-order valence-corrected chi connectivity index (χ3v) is 9.72.